The molecule has 3 fully saturated rings. The first-order valence-electron chi connectivity index (χ1n) is 10.7. The third-order valence-corrected chi connectivity index (χ3v) is 7.00. The Bertz CT molecular complexity index is 753. The van der Waals surface area contributed by atoms with Crippen LogP contribution in [0.1, 0.15) is 30.7 Å². The summed E-state index contributed by atoms with van der Waals surface area (Å²) in [5, 5.41) is 14.3. The maximum absolute atomic E-state index is 11.6. The Hall–Kier alpha value is -1.76. The number of nitrogens with one attached hydrogen (secondary N) is 1. The molecule has 3 aliphatic rings. The average Bonchev–Trinajstić information content (AvgIpc) is 2.63. The maximum atomic E-state index is 11.6. The summed E-state index contributed by atoms with van der Waals surface area (Å²) in [4.78, 5) is 18.4. The van der Waals surface area contributed by atoms with E-state index in [0.717, 1.165) is 63.6 Å². The van der Waals surface area contributed by atoms with Crippen LogP contribution >= 0.6 is 11.6 Å². The number of rotatable bonds is 7. The quantitative estimate of drug-likeness (QED) is 0.526. The van der Waals surface area contributed by atoms with Gasteiger partial charge in [0.1, 0.15) is 5.75 Å². The molecule has 2 N–H and O–H groups in total. The van der Waals surface area contributed by atoms with E-state index in [1.807, 2.05) is 11.0 Å². The Morgan fingerprint density at radius 3 is 2.59 bits per heavy atom. The van der Waals surface area contributed by atoms with Crippen molar-refractivity contribution >= 4 is 23.2 Å². The van der Waals surface area contributed by atoms with Crippen molar-refractivity contribution in [2.45, 2.75) is 31.2 Å². The molecule has 0 radical (unpaired) electrons. The van der Waals surface area contributed by atoms with Crippen LogP contribution in [0.3, 0.4) is 0 Å². The van der Waals surface area contributed by atoms with Crippen molar-refractivity contribution in [2.75, 3.05) is 57.7 Å². The first-order valence-corrected chi connectivity index (χ1v) is 11.1. The van der Waals surface area contributed by atoms with Gasteiger partial charge in [0, 0.05) is 69.5 Å². The third kappa shape index (κ3) is 4.55. The second kappa shape index (κ2) is 8.94. The van der Waals surface area contributed by atoms with Crippen LogP contribution in [0.15, 0.2) is 24.8 Å². The van der Waals surface area contributed by atoms with Gasteiger partial charge in [0.05, 0.1) is 5.69 Å². The Kier molecular flexibility index (Phi) is 6.32. The predicted octanol–water partition coefficient (Wildman–Crippen LogP) is 2.74. The Balaban J connectivity index is 1.20. The minimum Gasteiger partial charge on any atom is -0.506 e. The van der Waals surface area contributed by atoms with Crippen LogP contribution in [0.2, 0.25) is 5.02 Å². The van der Waals surface area contributed by atoms with Gasteiger partial charge >= 0.3 is 0 Å². The van der Waals surface area contributed by atoms with Gasteiger partial charge in [-0.1, -0.05) is 24.6 Å². The first-order chi connectivity index (χ1) is 14.0. The van der Waals surface area contributed by atoms with Crippen LogP contribution in [0.5, 0.6) is 5.75 Å². The van der Waals surface area contributed by atoms with Crippen LogP contribution in [-0.4, -0.2) is 84.1 Å². The second-order valence-electron chi connectivity index (χ2n) is 8.42. The monoisotopic (exact) mass is 418 g/mol. The smallest absolute Gasteiger partial charge is 0.246 e. The summed E-state index contributed by atoms with van der Waals surface area (Å²) in [6.45, 7) is 11.1. The van der Waals surface area contributed by atoms with E-state index in [9.17, 15) is 9.90 Å². The molecule has 0 atom stereocenters. The number of hydrogen-bond donors (Lipinski definition) is 2. The average molecular weight is 419 g/mol. The molecule has 0 spiro atoms. The number of piperazine rings is 1. The summed E-state index contributed by atoms with van der Waals surface area (Å²) in [6, 6.07) is 4.21. The van der Waals surface area contributed by atoms with Crippen LogP contribution in [0.25, 0.3) is 0 Å². The number of likely N-dealkylation sites (tertiary alicyclic amines) is 1. The molecular formula is C22H31ClN4O2. The highest BCUT2D eigenvalue weighted by atomic mass is 35.5. The molecule has 4 rings (SSSR count). The van der Waals surface area contributed by atoms with Crippen molar-refractivity contribution in [3.05, 3.63) is 35.4 Å². The van der Waals surface area contributed by atoms with E-state index in [-0.39, 0.29) is 11.7 Å². The molecule has 2 saturated heterocycles. The van der Waals surface area contributed by atoms with E-state index in [1.165, 1.54) is 25.3 Å². The highest BCUT2D eigenvalue weighted by molar-refractivity contribution is 6.31. The summed E-state index contributed by atoms with van der Waals surface area (Å²) >= 11 is 6.33. The van der Waals surface area contributed by atoms with Gasteiger partial charge in [-0.05, 0) is 36.5 Å². The van der Waals surface area contributed by atoms with E-state index < -0.39 is 0 Å². The zero-order valence-electron chi connectivity index (χ0n) is 16.9. The van der Waals surface area contributed by atoms with Crippen LogP contribution in [-0.2, 0) is 4.79 Å². The lowest BCUT2D eigenvalue weighted by Gasteiger charge is -2.47. The predicted molar refractivity (Wildman–Crippen MR) is 117 cm³/mol. The number of phenols is 1. The Morgan fingerprint density at radius 2 is 1.97 bits per heavy atom. The van der Waals surface area contributed by atoms with Crippen molar-refractivity contribution in [2.24, 2.45) is 0 Å². The summed E-state index contributed by atoms with van der Waals surface area (Å²) in [5.41, 5.74) is 1.95. The van der Waals surface area contributed by atoms with Crippen molar-refractivity contribution < 1.29 is 9.90 Å². The van der Waals surface area contributed by atoms with Gasteiger partial charge < -0.3 is 15.3 Å². The molecule has 0 aromatic heterocycles. The number of hydrogen-bond acceptors (Lipinski definition) is 5. The summed E-state index contributed by atoms with van der Waals surface area (Å²) in [6.07, 6.45) is 5.04. The van der Waals surface area contributed by atoms with Gasteiger partial charge in [-0.25, -0.2) is 0 Å². The van der Waals surface area contributed by atoms with E-state index in [0.29, 0.717) is 17.0 Å². The first kappa shape index (κ1) is 20.5. The third-order valence-electron chi connectivity index (χ3n) is 6.68. The Labute approximate surface area is 178 Å². The molecule has 2 aliphatic heterocycles. The molecule has 6 nitrogen and oxygen atoms in total. The summed E-state index contributed by atoms with van der Waals surface area (Å²) in [7, 11) is 0. The molecule has 1 aliphatic carbocycles. The normalized spacial score (nSPS) is 21.5. The lowest BCUT2D eigenvalue weighted by Crippen LogP contribution is -2.64. The highest BCUT2D eigenvalue weighted by Crippen LogP contribution is 2.43. The fraction of sp³-hybridized carbons (Fsp3) is 0.591. The van der Waals surface area contributed by atoms with Gasteiger partial charge in [0.15, 0.2) is 0 Å². The minimum atomic E-state index is 0.0388. The molecule has 1 aromatic carbocycles. The number of phenolic OH excluding ortho intramolecular Hbond substituents is 1. The fourth-order valence-corrected chi connectivity index (χ4v) is 4.76. The number of amides is 1. The number of nitrogens with zero attached hydrogens (tertiary/aromatic N) is 3. The van der Waals surface area contributed by atoms with Crippen molar-refractivity contribution in [1.29, 1.82) is 0 Å². The van der Waals surface area contributed by atoms with Gasteiger partial charge in [-0.3, -0.25) is 14.6 Å². The standard InChI is InChI=1S/C22H31ClN4O2/c1-2-22(29)27-14-17(15-27)26-10-8-25(9-11-26)7-6-24-20-12-18(16-4-3-5-16)19(23)13-21(20)28/h2,12-13,16-17,24,28H,1,3-11,14-15H2. The SMILES string of the molecule is C=CC(=O)N1CC(N2CCN(CCNc3cc(C4CCC4)c(Cl)cc3O)CC2)C1. The molecule has 2 heterocycles. The zero-order chi connectivity index (χ0) is 20.4. The second-order valence-corrected chi connectivity index (χ2v) is 8.83. The Morgan fingerprint density at radius 1 is 1.24 bits per heavy atom. The van der Waals surface area contributed by atoms with Crippen LogP contribution < -0.4 is 5.32 Å². The molecular weight excluding hydrogens is 388 g/mol. The molecule has 158 valence electrons. The minimum absolute atomic E-state index is 0.0388. The van der Waals surface area contributed by atoms with Crippen molar-refractivity contribution in [3.63, 3.8) is 0 Å². The molecule has 29 heavy (non-hydrogen) atoms. The lowest BCUT2D eigenvalue weighted by atomic mass is 9.80. The van der Waals surface area contributed by atoms with Crippen molar-refractivity contribution in [3.8, 4) is 5.75 Å². The zero-order valence-corrected chi connectivity index (χ0v) is 17.7. The molecule has 0 bridgehead atoms. The van der Waals surface area contributed by atoms with Gasteiger partial charge in [-0.15, -0.1) is 0 Å². The molecule has 0 unspecified atom stereocenters. The summed E-state index contributed by atoms with van der Waals surface area (Å²) < 4.78 is 0. The number of aromatic hydroxyl groups is 1. The number of halogens is 1. The lowest BCUT2D eigenvalue weighted by molar-refractivity contribution is -0.133. The molecule has 7 heteroatoms. The van der Waals surface area contributed by atoms with Gasteiger partial charge in [0.25, 0.3) is 0 Å². The highest BCUT2D eigenvalue weighted by Gasteiger charge is 2.35. The molecule has 1 saturated carbocycles. The number of carbonyl (C=O) groups excluding carboxylic acids is 1. The maximum Gasteiger partial charge on any atom is 0.246 e. The van der Waals surface area contributed by atoms with E-state index in [1.54, 1.807) is 6.07 Å². The van der Waals surface area contributed by atoms with Crippen LogP contribution in [0.4, 0.5) is 5.69 Å². The van der Waals surface area contributed by atoms with Crippen molar-refractivity contribution in [1.82, 2.24) is 14.7 Å². The largest absolute Gasteiger partial charge is 0.506 e. The summed E-state index contributed by atoms with van der Waals surface area (Å²) in [5.74, 6) is 0.810. The van der Waals surface area contributed by atoms with Gasteiger partial charge in [0.2, 0.25) is 5.91 Å². The van der Waals surface area contributed by atoms with E-state index in [4.69, 9.17) is 11.6 Å². The van der Waals surface area contributed by atoms with E-state index >= 15 is 0 Å². The molecule has 1 amide bonds. The number of benzene rings is 1. The molecule has 1 aromatic rings. The van der Waals surface area contributed by atoms with Gasteiger partial charge in [-0.2, -0.15) is 0 Å². The number of anilines is 1. The topological polar surface area (TPSA) is 59.1 Å². The van der Waals surface area contributed by atoms with E-state index in [2.05, 4.69) is 21.7 Å². The number of carbonyl (C=O) groups is 1. The fourth-order valence-electron chi connectivity index (χ4n) is 4.45. The van der Waals surface area contributed by atoms with Crippen LogP contribution in [0, 0.1) is 0 Å².